The molecule has 4 heteroatoms. The molecule has 1 amide bonds. The Morgan fingerprint density at radius 3 is 2.03 bits per heavy atom. The molecule has 0 bridgehead atoms. The molecule has 0 spiro atoms. The van der Waals surface area contributed by atoms with E-state index in [4.69, 9.17) is 0 Å². The third-order valence-corrected chi connectivity index (χ3v) is 4.87. The van der Waals surface area contributed by atoms with Crippen LogP contribution in [0.3, 0.4) is 0 Å². The first-order valence-corrected chi connectivity index (χ1v) is 10.4. The first-order chi connectivity index (χ1) is 15.0. The van der Waals surface area contributed by atoms with Gasteiger partial charge in [0, 0.05) is 42.0 Å². The highest BCUT2D eigenvalue weighted by Crippen LogP contribution is 2.13. The van der Waals surface area contributed by atoms with Crippen LogP contribution >= 0.6 is 0 Å². The molecule has 3 aromatic rings. The van der Waals surface area contributed by atoms with Crippen molar-refractivity contribution >= 4 is 11.7 Å². The zero-order valence-electron chi connectivity index (χ0n) is 17.9. The van der Waals surface area contributed by atoms with Crippen molar-refractivity contribution < 1.29 is 9.59 Å². The fourth-order valence-corrected chi connectivity index (χ4v) is 3.32. The number of carbonyl (C=O) groups is 2. The topological polar surface area (TPSA) is 59.1 Å². The molecule has 0 saturated heterocycles. The van der Waals surface area contributed by atoms with Gasteiger partial charge in [-0.2, -0.15) is 0 Å². The summed E-state index contributed by atoms with van der Waals surface area (Å²) < 4.78 is 0. The van der Waals surface area contributed by atoms with Crippen LogP contribution in [0, 0.1) is 17.8 Å². The molecule has 0 fully saturated rings. The Kier molecular flexibility index (Phi) is 7.73. The van der Waals surface area contributed by atoms with Gasteiger partial charge in [-0.3, -0.25) is 9.78 Å². The summed E-state index contributed by atoms with van der Waals surface area (Å²) in [6.45, 7) is 4.20. The molecular weight excluding hydrogens is 384 g/mol. The van der Waals surface area contributed by atoms with E-state index in [9.17, 15) is 9.59 Å². The number of amides is 1. The average molecular weight is 411 g/mol. The maximum Gasteiger partial charge on any atom is 0.251 e. The first-order valence-electron chi connectivity index (χ1n) is 10.4. The van der Waals surface area contributed by atoms with E-state index in [1.807, 2.05) is 36.4 Å². The molecule has 0 aliphatic carbocycles. The minimum Gasteiger partial charge on any atom is -0.348 e. The van der Waals surface area contributed by atoms with E-state index in [0.29, 0.717) is 24.4 Å². The molecule has 2 aromatic carbocycles. The molecule has 0 radical (unpaired) electrons. The van der Waals surface area contributed by atoms with Crippen LogP contribution in [0.4, 0.5) is 0 Å². The van der Waals surface area contributed by atoms with Gasteiger partial charge in [-0.25, -0.2) is 0 Å². The zero-order valence-corrected chi connectivity index (χ0v) is 17.9. The number of benzene rings is 2. The molecule has 1 aromatic heterocycles. The lowest BCUT2D eigenvalue weighted by atomic mass is 9.96. The van der Waals surface area contributed by atoms with Gasteiger partial charge in [-0.05, 0) is 78.9 Å². The molecule has 3 rings (SSSR count). The molecule has 1 heterocycles. The minimum atomic E-state index is -0.120. The molecule has 4 nitrogen and oxygen atoms in total. The molecule has 156 valence electrons. The quantitative estimate of drug-likeness (QED) is 0.581. The number of nitrogens with one attached hydrogen (secondary N) is 1. The Balaban J connectivity index is 1.55. The SMILES string of the molecule is CC(=O)CC(C)Cc1ccc(C#Cc2ccc(C(=O)NCc3ccncc3)cc2)cc1. The Bertz CT molecular complexity index is 1080. The summed E-state index contributed by atoms with van der Waals surface area (Å²) in [5, 5.41) is 2.90. The molecule has 1 N–H and O–H groups in total. The van der Waals surface area contributed by atoms with Crippen molar-refractivity contribution in [3.63, 3.8) is 0 Å². The third-order valence-electron chi connectivity index (χ3n) is 4.87. The number of pyridine rings is 1. The first kappa shape index (κ1) is 22.0. The Morgan fingerprint density at radius 1 is 0.871 bits per heavy atom. The zero-order chi connectivity index (χ0) is 22.1. The van der Waals surface area contributed by atoms with Crippen molar-refractivity contribution in [3.05, 3.63) is 101 Å². The van der Waals surface area contributed by atoms with E-state index in [1.54, 1.807) is 31.5 Å². The fourth-order valence-electron chi connectivity index (χ4n) is 3.32. The lowest BCUT2D eigenvalue weighted by Crippen LogP contribution is -2.22. The highest BCUT2D eigenvalue weighted by atomic mass is 16.1. The molecular formula is C27H26N2O2. The van der Waals surface area contributed by atoms with Gasteiger partial charge >= 0.3 is 0 Å². The summed E-state index contributed by atoms with van der Waals surface area (Å²) in [5.74, 6) is 6.75. The summed E-state index contributed by atoms with van der Waals surface area (Å²) in [5.41, 5.74) is 4.60. The summed E-state index contributed by atoms with van der Waals surface area (Å²) in [6.07, 6.45) is 4.91. The standard InChI is InChI=1S/C27H26N2O2/c1-20(17-21(2)30)18-24-7-5-22(6-8-24)3-4-23-9-11-26(12-10-23)27(31)29-19-25-13-15-28-16-14-25/h5-16,20H,17-19H2,1-2H3,(H,29,31). The number of carbonyl (C=O) groups excluding carboxylic acids is 2. The second-order valence-electron chi connectivity index (χ2n) is 7.78. The Morgan fingerprint density at radius 2 is 1.45 bits per heavy atom. The fraction of sp³-hybridized carbons (Fsp3) is 0.222. The van der Waals surface area contributed by atoms with E-state index in [1.165, 1.54) is 5.56 Å². The van der Waals surface area contributed by atoms with Crippen LogP contribution in [-0.2, 0) is 17.8 Å². The lowest BCUT2D eigenvalue weighted by molar-refractivity contribution is -0.117. The van der Waals surface area contributed by atoms with Crippen LogP contribution in [0.25, 0.3) is 0 Å². The van der Waals surface area contributed by atoms with Gasteiger partial charge in [0.05, 0.1) is 0 Å². The second-order valence-corrected chi connectivity index (χ2v) is 7.78. The monoisotopic (exact) mass is 410 g/mol. The van der Waals surface area contributed by atoms with Gasteiger partial charge in [0.1, 0.15) is 5.78 Å². The minimum absolute atomic E-state index is 0.120. The summed E-state index contributed by atoms with van der Waals surface area (Å²) in [6, 6.07) is 19.2. The number of aromatic nitrogens is 1. The van der Waals surface area contributed by atoms with Crippen molar-refractivity contribution in [2.24, 2.45) is 5.92 Å². The third kappa shape index (κ3) is 7.24. The summed E-state index contributed by atoms with van der Waals surface area (Å²) >= 11 is 0. The Hall–Kier alpha value is -3.71. The predicted octanol–water partition coefficient (Wildman–Crippen LogP) is 4.57. The van der Waals surface area contributed by atoms with Gasteiger partial charge in [-0.15, -0.1) is 0 Å². The van der Waals surface area contributed by atoms with Crippen molar-refractivity contribution in [1.82, 2.24) is 10.3 Å². The molecule has 0 aliphatic heterocycles. The second kappa shape index (κ2) is 10.9. The van der Waals surface area contributed by atoms with Gasteiger partial charge in [0.25, 0.3) is 5.91 Å². The maximum atomic E-state index is 12.3. The number of rotatable bonds is 7. The lowest BCUT2D eigenvalue weighted by Gasteiger charge is -2.09. The van der Waals surface area contributed by atoms with Crippen LogP contribution in [0.2, 0.25) is 0 Å². The number of ketones is 1. The van der Waals surface area contributed by atoms with Crippen LogP contribution in [0.1, 0.15) is 52.9 Å². The van der Waals surface area contributed by atoms with Crippen molar-refractivity contribution in [3.8, 4) is 11.8 Å². The van der Waals surface area contributed by atoms with Gasteiger partial charge < -0.3 is 10.1 Å². The maximum absolute atomic E-state index is 12.3. The Labute approximate surface area is 183 Å². The smallest absolute Gasteiger partial charge is 0.251 e. The van der Waals surface area contributed by atoms with Crippen LogP contribution in [0.5, 0.6) is 0 Å². The predicted molar refractivity (Wildman–Crippen MR) is 122 cm³/mol. The van der Waals surface area contributed by atoms with Crippen molar-refractivity contribution in [2.45, 2.75) is 33.2 Å². The number of hydrogen-bond donors (Lipinski definition) is 1. The molecule has 0 aliphatic rings. The van der Waals surface area contributed by atoms with Crippen molar-refractivity contribution in [2.75, 3.05) is 0 Å². The average Bonchev–Trinajstić information content (AvgIpc) is 2.77. The molecule has 1 atom stereocenters. The highest BCUT2D eigenvalue weighted by Gasteiger charge is 2.07. The van der Waals surface area contributed by atoms with E-state index in [2.05, 4.69) is 41.2 Å². The number of nitrogens with zero attached hydrogens (tertiary/aromatic N) is 1. The normalized spacial score (nSPS) is 11.2. The molecule has 0 saturated carbocycles. The largest absolute Gasteiger partial charge is 0.348 e. The van der Waals surface area contributed by atoms with E-state index < -0.39 is 0 Å². The number of Topliss-reactive ketones (excluding diaryl/α,β-unsaturated/α-hetero) is 1. The van der Waals surface area contributed by atoms with Crippen LogP contribution < -0.4 is 5.32 Å². The summed E-state index contributed by atoms with van der Waals surface area (Å²) in [7, 11) is 0. The highest BCUT2D eigenvalue weighted by molar-refractivity contribution is 5.94. The summed E-state index contributed by atoms with van der Waals surface area (Å²) in [4.78, 5) is 27.5. The van der Waals surface area contributed by atoms with Gasteiger partial charge in [-0.1, -0.05) is 30.9 Å². The van der Waals surface area contributed by atoms with Gasteiger partial charge in [0.15, 0.2) is 0 Å². The van der Waals surface area contributed by atoms with Gasteiger partial charge in [0.2, 0.25) is 0 Å². The van der Waals surface area contributed by atoms with E-state index in [0.717, 1.165) is 23.1 Å². The molecule has 31 heavy (non-hydrogen) atoms. The van der Waals surface area contributed by atoms with Crippen LogP contribution in [-0.4, -0.2) is 16.7 Å². The molecule has 1 unspecified atom stereocenters. The van der Waals surface area contributed by atoms with Crippen molar-refractivity contribution in [1.29, 1.82) is 0 Å². The van der Waals surface area contributed by atoms with E-state index >= 15 is 0 Å². The van der Waals surface area contributed by atoms with Crippen LogP contribution in [0.15, 0.2) is 73.1 Å². The number of hydrogen-bond acceptors (Lipinski definition) is 3. The van der Waals surface area contributed by atoms with E-state index in [-0.39, 0.29) is 11.7 Å².